The van der Waals surface area contributed by atoms with Gasteiger partial charge in [0.1, 0.15) is 17.9 Å². The fraction of sp³-hybridized carbons (Fsp3) is 0.414. The number of benzene rings is 2. The fourth-order valence-electron chi connectivity index (χ4n) is 4.58. The number of aromatic nitrogens is 2. The van der Waals surface area contributed by atoms with Crippen LogP contribution in [0.4, 0.5) is 11.5 Å². The molecular weight excluding hydrogens is 450 g/mol. The van der Waals surface area contributed by atoms with Crippen LogP contribution in [0.25, 0.3) is 10.9 Å². The van der Waals surface area contributed by atoms with Crippen molar-refractivity contribution in [1.29, 1.82) is 0 Å². The number of fused-ring (bicyclic) bond motifs is 1. The van der Waals surface area contributed by atoms with Crippen molar-refractivity contribution in [3.63, 3.8) is 0 Å². The van der Waals surface area contributed by atoms with E-state index in [0.29, 0.717) is 11.4 Å². The number of anilines is 2. The van der Waals surface area contributed by atoms with Gasteiger partial charge in [0, 0.05) is 30.1 Å². The first-order valence-electron chi connectivity index (χ1n) is 13.0. The van der Waals surface area contributed by atoms with Crippen LogP contribution in [0, 0.1) is 0 Å². The van der Waals surface area contributed by atoms with Crippen LogP contribution < -0.4 is 15.4 Å². The highest BCUT2D eigenvalue weighted by Crippen LogP contribution is 2.36. The van der Waals surface area contributed by atoms with Crippen molar-refractivity contribution in [2.24, 2.45) is 0 Å². The molecule has 2 N–H and O–H groups in total. The molecule has 4 rings (SSSR count). The predicted molar refractivity (Wildman–Crippen MR) is 146 cm³/mol. The summed E-state index contributed by atoms with van der Waals surface area (Å²) in [6, 6.07) is 14.1. The molecule has 1 atom stereocenters. The van der Waals surface area contributed by atoms with E-state index >= 15 is 0 Å². The second kappa shape index (κ2) is 12.5. The zero-order chi connectivity index (χ0) is 25.3. The topological polar surface area (TPSA) is 79.4 Å². The molecule has 0 radical (unpaired) electrons. The van der Waals surface area contributed by atoms with E-state index in [2.05, 4.69) is 58.4 Å². The van der Waals surface area contributed by atoms with E-state index in [1.54, 1.807) is 12.4 Å². The van der Waals surface area contributed by atoms with E-state index in [9.17, 15) is 4.79 Å². The number of likely N-dealkylation sites (N-methyl/N-ethyl adjacent to an activating group) is 1. The molecule has 1 amide bonds. The van der Waals surface area contributed by atoms with Crippen LogP contribution >= 0.6 is 0 Å². The summed E-state index contributed by atoms with van der Waals surface area (Å²) in [5, 5.41) is 7.39. The lowest BCUT2D eigenvalue weighted by Gasteiger charge is -2.19. The Morgan fingerprint density at radius 1 is 1.14 bits per heavy atom. The highest BCUT2D eigenvalue weighted by molar-refractivity contribution is 6.03. The largest absolute Gasteiger partial charge is 0.488 e. The Labute approximate surface area is 214 Å². The van der Waals surface area contributed by atoms with Crippen LogP contribution in [0.2, 0.25) is 0 Å². The first-order chi connectivity index (χ1) is 17.6. The van der Waals surface area contributed by atoms with Gasteiger partial charge in [-0.2, -0.15) is 0 Å². The second-order valence-electron chi connectivity index (χ2n) is 9.27. The molecule has 0 aliphatic heterocycles. The van der Waals surface area contributed by atoms with Crippen LogP contribution in [0.15, 0.2) is 60.9 Å². The summed E-state index contributed by atoms with van der Waals surface area (Å²) in [4.78, 5) is 24.1. The Morgan fingerprint density at radius 2 is 1.89 bits per heavy atom. The van der Waals surface area contributed by atoms with E-state index in [0.717, 1.165) is 54.8 Å². The third-order valence-corrected chi connectivity index (χ3v) is 6.77. The minimum Gasteiger partial charge on any atom is -0.488 e. The average molecular weight is 488 g/mol. The number of nitrogens with one attached hydrogen (secondary N) is 2. The number of hydrogen-bond donors (Lipinski definition) is 2. The Hall–Kier alpha value is -3.45. The maximum atomic E-state index is 12.8. The minimum atomic E-state index is -0.179. The van der Waals surface area contributed by atoms with Crippen LogP contribution in [0.3, 0.4) is 0 Å². The number of rotatable bonds is 11. The van der Waals surface area contributed by atoms with Crippen molar-refractivity contribution in [2.75, 3.05) is 30.3 Å². The van der Waals surface area contributed by atoms with Gasteiger partial charge in [-0.05, 0) is 57.3 Å². The SMILES string of the molecule is CCN(CC)C/C=C/C(=O)Nc1cc2c(N[C@H](C)c3ccccc3)ncnc2cc1OC1CCCC1. The molecule has 1 aliphatic carbocycles. The van der Waals surface area contributed by atoms with E-state index in [-0.39, 0.29) is 18.1 Å². The van der Waals surface area contributed by atoms with Gasteiger partial charge in [0.2, 0.25) is 5.91 Å². The lowest BCUT2D eigenvalue weighted by molar-refractivity contribution is -0.111. The van der Waals surface area contributed by atoms with Gasteiger partial charge < -0.3 is 20.3 Å². The third-order valence-electron chi connectivity index (χ3n) is 6.77. The molecule has 2 aromatic carbocycles. The summed E-state index contributed by atoms with van der Waals surface area (Å²) in [6.07, 6.45) is 9.62. The van der Waals surface area contributed by atoms with Crippen LogP contribution in [0.5, 0.6) is 5.75 Å². The van der Waals surface area contributed by atoms with Gasteiger partial charge in [-0.15, -0.1) is 0 Å². The van der Waals surface area contributed by atoms with Crippen molar-refractivity contribution in [3.8, 4) is 5.75 Å². The van der Waals surface area contributed by atoms with Crippen LogP contribution in [0.1, 0.15) is 58.1 Å². The predicted octanol–water partition coefficient (Wildman–Crippen LogP) is 5.96. The van der Waals surface area contributed by atoms with E-state index in [4.69, 9.17) is 4.74 Å². The summed E-state index contributed by atoms with van der Waals surface area (Å²) in [7, 11) is 0. The fourth-order valence-corrected chi connectivity index (χ4v) is 4.58. The lowest BCUT2D eigenvalue weighted by atomic mass is 10.1. The van der Waals surface area contributed by atoms with E-state index in [1.807, 2.05) is 36.4 Å². The van der Waals surface area contributed by atoms with Crippen molar-refractivity contribution >= 4 is 28.3 Å². The molecule has 0 unspecified atom stereocenters. The zero-order valence-corrected chi connectivity index (χ0v) is 21.5. The van der Waals surface area contributed by atoms with Gasteiger partial charge in [-0.1, -0.05) is 50.3 Å². The minimum absolute atomic E-state index is 0.0553. The van der Waals surface area contributed by atoms with Gasteiger partial charge in [0.25, 0.3) is 0 Å². The summed E-state index contributed by atoms with van der Waals surface area (Å²) in [6.45, 7) is 8.97. The molecule has 3 aromatic rings. The van der Waals surface area contributed by atoms with Gasteiger partial charge in [0.05, 0.1) is 17.3 Å². The molecule has 190 valence electrons. The van der Waals surface area contributed by atoms with E-state index < -0.39 is 0 Å². The Morgan fingerprint density at radius 3 is 2.61 bits per heavy atom. The Balaban J connectivity index is 1.62. The molecule has 0 bridgehead atoms. The quantitative estimate of drug-likeness (QED) is 0.325. The summed E-state index contributed by atoms with van der Waals surface area (Å²) < 4.78 is 6.36. The first kappa shape index (κ1) is 25.6. The molecule has 0 saturated heterocycles. The van der Waals surface area contributed by atoms with Crippen molar-refractivity contribution in [3.05, 3.63) is 66.5 Å². The van der Waals surface area contributed by atoms with Crippen molar-refractivity contribution < 1.29 is 9.53 Å². The summed E-state index contributed by atoms with van der Waals surface area (Å²) >= 11 is 0. The standard InChI is InChI=1S/C29H37N5O2/c1-4-34(5-2)17-11-16-28(35)33-26-18-24-25(19-27(26)36-23-14-9-10-15-23)30-20-31-29(24)32-21(3)22-12-7-6-8-13-22/h6-8,11-13,16,18-21,23H,4-5,9-10,14-15,17H2,1-3H3,(H,33,35)(H,30,31,32)/b16-11+/t21-/m1/s1. The first-order valence-corrected chi connectivity index (χ1v) is 13.0. The second-order valence-corrected chi connectivity index (χ2v) is 9.27. The summed E-state index contributed by atoms with van der Waals surface area (Å²) in [5.41, 5.74) is 2.57. The number of amides is 1. The monoisotopic (exact) mass is 487 g/mol. The van der Waals surface area contributed by atoms with Gasteiger partial charge >= 0.3 is 0 Å². The molecule has 0 spiro atoms. The zero-order valence-electron chi connectivity index (χ0n) is 21.5. The maximum absolute atomic E-state index is 12.8. The Bertz CT molecular complexity index is 1170. The molecular formula is C29H37N5O2. The number of ether oxygens (including phenoxy) is 1. The molecule has 36 heavy (non-hydrogen) atoms. The van der Waals surface area contributed by atoms with Gasteiger partial charge in [0.15, 0.2) is 0 Å². The highest BCUT2D eigenvalue weighted by Gasteiger charge is 2.20. The lowest BCUT2D eigenvalue weighted by Crippen LogP contribution is -2.23. The Kier molecular flexibility index (Phi) is 8.90. The van der Waals surface area contributed by atoms with E-state index in [1.165, 1.54) is 12.8 Å². The summed E-state index contributed by atoms with van der Waals surface area (Å²) in [5.74, 6) is 1.19. The van der Waals surface area contributed by atoms with Crippen molar-refractivity contribution in [1.82, 2.24) is 14.9 Å². The smallest absolute Gasteiger partial charge is 0.248 e. The number of nitrogens with zero attached hydrogens (tertiary/aromatic N) is 3. The average Bonchev–Trinajstić information content (AvgIpc) is 3.41. The highest BCUT2D eigenvalue weighted by atomic mass is 16.5. The normalized spacial score (nSPS) is 15.0. The molecule has 7 heteroatoms. The molecule has 1 aromatic heterocycles. The van der Waals surface area contributed by atoms with Crippen LogP contribution in [-0.2, 0) is 4.79 Å². The number of carbonyl (C=O) groups excluding carboxylic acids is 1. The van der Waals surface area contributed by atoms with Crippen LogP contribution in [-0.4, -0.2) is 46.5 Å². The van der Waals surface area contributed by atoms with Gasteiger partial charge in [-0.3, -0.25) is 4.79 Å². The molecule has 1 heterocycles. The third kappa shape index (κ3) is 6.61. The van der Waals surface area contributed by atoms with Gasteiger partial charge in [-0.25, -0.2) is 9.97 Å². The molecule has 7 nitrogen and oxygen atoms in total. The molecule has 1 fully saturated rings. The number of carbonyl (C=O) groups is 1. The molecule has 1 saturated carbocycles. The maximum Gasteiger partial charge on any atom is 0.248 e. The molecule has 1 aliphatic rings. The van der Waals surface area contributed by atoms with Crippen molar-refractivity contribution in [2.45, 2.75) is 58.6 Å². The number of hydrogen-bond acceptors (Lipinski definition) is 6.